The summed E-state index contributed by atoms with van der Waals surface area (Å²) in [7, 11) is 0. The first kappa shape index (κ1) is 14.7. The van der Waals surface area contributed by atoms with Gasteiger partial charge in [-0.15, -0.1) is 0 Å². The molecule has 0 spiro atoms. The van der Waals surface area contributed by atoms with E-state index < -0.39 is 18.4 Å². The van der Waals surface area contributed by atoms with Crippen molar-refractivity contribution in [2.45, 2.75) is 14.8 Å². The minimum atomic E-state index is -2.29. The molecule has 18 heavy (non-hydrogen) atoms. The summed E-state index contributed by atoms with van der Waals surface area (Å²) >= 11 is -0.0494. The van der Waals surface area contributed by atoms with E-state index in [1.54, 1.807) is 10.6 Å². The number of rotatable bonds is 3. The molecule has 0 fully saturated rings. The third-order valence-electron chi connectivity index (χ3n) is 2.60. The van der Waals surface area contributed by atoms with Crippen molar-refractivity contribution in [3.63, 3.8) is 0 Å². The van der Waals surface area contributed by atoms with Gasteiger partial charge in [0, 0.05) is 0 Å². The average molecular weight is 484 g/mol. The maximum absolute atomic E-state index is 14.1. The van der Waals surface area contributed by atoms with E-state index in [9.17, 15) is 4.39 Å². The van der Waals surface area contributed by atoms with Crippen molar-refractivity contribution in [2.24, 2.45) is 0 Å². The molecule has 96 valence electrons. The van der Waals surface area contributed by atoms with E-state index in [1.807, 2.05) is 18.3 Å². The second-order valence-electron chi connectivity index (χ2n) is 5.04. The molecule has 2 heterocycles. The Hall–Kier alpha value is 0.249. The molecule has 0 radical (unpaired) electrons. The summed E-state index contributed by atoms with van der Waals surface area (Å²) < 4.78 is 16.8. The van der Waals surface area contributed by atoms with E-state index >= 15 is 0 Å². The molecular weight excluding hydrogens is 470 g/mol. The first-order valence-corrected chi connectivity index (χ1v) is 19.6. The van der Waals surface area contributed by atoms with Crippen molar-refractivity contribution in [3.05, 3.63) is 30.5 Å². The number of aromatic nitrogens is 3. The summed E-state index contributed by atoms with van der Waals surface area (Å²) in [6.07, 6.45) is 4.06. The summed E-state index contributed by atoms with van der Waals surface area (Å²) in [5.41, 5.74) is 1.33. The Morgan fingerprint density at radius 1 is 1.33 bits per heavy atom. The van der Waals surface area contributed by atoms with Gasteiger partial charge >= 0.3 is 126 Å². The van der Waals surface area contributed by atoms with Crippen LogP contribution < -0.4 is 3.71 Å². The molecule has 1 unspecified atom stereocenters. The van der Waals surface area contributed by atoms with Gasteiger partial charge in [-0.05, 0) is 0 Å². The second-order valence-corrected chi connectivity index (χ2v) is 21.4. The van der Waals surface area contributed by atoms with Gasteiger partial charge < -0.3 is 0 Å². The van der Waals surface area contributed by atoms with E-state index in [-0.39, 0.29) is 5.95 Å². The molecule has 0 aliphatic heterocycles. The number of hydrogen-bond donors (Lipinski definition) is 0. The monoisotopic (exact) mass is 485 g/mol. The van der Waals surface area contributed by atoms with Crippen LogP contribution in [-0.2, 0) is 0 Å². The molecule has 0 saturated heterocycles. The molecule has 2 aromatic rings. The Morgan fingerprint density at radius 3 is 2.56 bits per heavy atom. The van der Waals surface area contributed by atoms with Gasteiger partial charge in [-0.3, -0.25) is 0 Å². The summed E-state index contributed by atoms with van der Waals surface area (Å²) in [4.78, 5) is 10.8. The van der Waals surface area contributed by atoms with Crippen LogP contribution in [0.4, 0.5) is 4.39 Å². The molecule has 0 saturated carbocycles. The molecule has 0 aromatic carbocycles. The molecule has 0 amide bonds. The maximum atomic E-state index is 14.1. The minimum absolute atomic E-state index is 0.379. The predicted molar refractivity (Wildman–Crippen MR) is 86.1 cm³/mol. The van der Waals surface area contributed by atoms with Gasteiger partial charge in [0.05, 0.1) is 0 Å². The molecule has 0 aliphatic rings. The van der Waals surface area contributed by atoms with Gasteiger partial charge in [0.25, 0.3) is 0 Å². The molecular formula is C11H14FIN3PSn. The van der Waals surface area contributed by atoms with Gasteiger partial charge in [0.2, 0.25) is 0 Å². The fourth-order valence-electron chi connectivity index (χ4n) is 1.58. The number of pyridine rings is 1. The summed E-state index contributed by atoms with van der Waals surface area (Å²) in [5.74, 6) is -0.379. The van der Waals surface area contributed by atoms with Crippen LogP contribution in [0, 0.1) is 5.95 Å². The fourth-order valence-corrected chi connectivity index (χ4v) is 5.56. The Labute approximate surface area is 125 Å². The summed E-state index contributed by atoms with van der Waals surface area (Å²) in [5, 5.41) is 4.16. The van der Waals surface area contributed by atoms with Crippen molar-refractivity contribution in [2.75, 3.05) is 0 Å². The van der Waals surface area contributed by atoms with Crippen LogP contribution in [0.3, 0.4) is 0 Å². The Morgan fingerprint density at radius 2 is 2.06 bits per heavy atom. The van der Waals surface area contributed by atoms with Gasteiger partial charge in [-0.25, -0.2) is 0 Å². The van der Waals surface area contributed by atoms with Crippen LogP contribution in [-0.4, -0.2) is 32.9 Å². The SMILES string of the molecule is [CH3][Sn]([CH3])([CH3])[c]1ccc(-c2cnn(PI)c2)c(F)n1. The van der Waals surface area contributed by atoms with E-state index in [0.717, 1.165) is 9.27 Å². The van der Waals surface area contributed by atoms with Crippen molar-refractivity contribution in [1.29, 1.82) is 0 Å². The number of halogens is 2. The van der Waals surface area contributed by atoms with Gasteiger partial charge in [0.1, 0.15) is 0 Å². The quantitative estimate of drug-likeness (QED) is 0.290. The van der Waals surface area contributed by atoms with Crippen LogP contribution in [0.15, 0.2) is 24.5 Å². The van der Waals surface area contributed by atoms with Crippen molar-refractivity contribution < 1.29 is 4.39 Å². The van der Waals surface area contributed by atoms with E-state index in [4.69, 9.17) is 0 Å². The number of hydrogen-bond acceptors (Lipinski definition) is 2. The molecule has 7 heteroatoms. The van der Waals surface area contributed by atoms with Crippen LogP contribution >= 0.6 is 28.4 Å². The fraction of sp³-hybridized carbons (Fsp3) is 0.273. The van der Waals surface area contributed by atoms with Crippen molar-refractivity contribution >= 4 is 50.5 Å². The van der Waals surface area contributed by atoms with E-state index in [2.05, 4.69) is 46.9 Å². The van der Waals surface area contributed by atoms with Crippen LogP contribution in [0.2, 0.25) is 14.8 Å². The van der Waals surface area contributed by atoms with Crippen molar-refractivity contribution in [3.8, 4) is 11.1 Å². The third-order valence-corrected chi connectivity index (χ3v) is 9.68. The Balaban J connectivity index is 2.41. The molecule has 2 aromatic heterocycles. The van der Waals surface area contributed by atoms with Gasteiger partial charge in [-0.2, -0.15) is 0 Å². The zero-order chi connectivity index (χ0) is 13.3. The summed E-state index contributed by atoms with van der Waals surface area (Å²) in [6.45, 7) is 0. The normalized spacial score (nSPS) is 12.5. The number of nitrogens with zero attached hydrogens (tertiary/aromatic N) is 3. The standard InChI is InChI=1S/C8H5FIN3P.3CH3.Sn/c9-8-7(2-1-3-11-8)6-4-12-13(5-6)14-10;;;;/h1-2,4-5,14H;3*1H3;. The van der Waals surface area contributed by atoms with Crippen LogP contribution in [0.25, 0.3) is 11.1 Å². The van der Waals surface area contributed by atoms with E-state index in [0.29, 0.717) is 11.9 Å². The zero-order valence-electron chi connectivity index (χ0n) is 10.4. The topological polar surface area (TPSA) is 30.7 Å². The first-order valence-electron chi connectivity index (χ1n) is 5.50. The zero-order valence-corrected chi connectivity index (χ0v) is 16.4. The molecule has 0 N–H and O–H groups in total. The van der Waals surface area contributed by atoms with Gasteiger partial charge in [-0.1, -0.05) is 0 Å². The average Bonchev–Trinajstić information content (AvgIpc) is 2.76. The Bertz CT molecular complexity index is 568. The van der Waals surface area contributed by atoms with Crippen LogP contribution in [0.5, 0.6) is 0 Å². The Kier molecular flexibility index (Phi) is 4.65. The van der Waals surface area contributed by atoms with Crippen LogP contribution in [0.1, 0.15) is 0 Å². The van der Waals surface area contributed by atoms with E-state index in [1.165, 1.54) is 0 Å². The van der Waals surface area contributed by atoms with Gasteiger partial charge in [0.15, 0.2) is 0 Å². The molecule has 0 aliphatic carbocycles. The predicted octanol–water partition coefficient (Wildman–Crippen LogP) is 3.42. The summed E-state index contributed by atoms with van der Waals surface area (Å²) in [6, 6.07) is 3.80. The first-order chi connectivity index (χ1) is 8.41. The molecule has 3 nitrogen and oxygen atoms in total. The second kappa shape index (κ2) is 5.71. The molecule has 2 rings (SSSR count). The third kappa shape index (κ3) is 3.22. The molecule has 0 bridgehead atoms. The molecule has 1 atom stereocenters. The van der Waals surface area contributed by atoms with Crippen molar-refractivity contribution in [1.82, 2.24) is 14.5 Å².